The third kappa shape index (κ3) is 3.33. The number of anilines is 1. The molecular weight excluding hydrogens is 328 g/mol. The van der Waals surface area contributed by atoms with E-state index in [-0.39, 0.29) is 11.3 Å². The zero-order valence-electron chi connectivity index (χ0n) is 13.0. The second-order valence-electron chi connectivity index (χ2n) is 4.91. The van der Waals surface area contributed by atoms with Crippen LogP contribution in [-0.4, -0.2) is 28.2 Å². The average Bonchev–Trinajstić information content (AvgIpc) is 2.95. The van der Waals surface area contributed by atoms with Gasteiger partial charge < -0.3 is 4.74 Å². The number of hydrogen-bond donors (Lipinski definition) is 2. The fraction of sp³-hybridized carbons (Fsp3) is 0.125. The van der Waals surface area contributed by atoms with Crippen LogP contribution in [-0.2, 0) is 0 Å². The molecule has 0 atom stereocenters. The number of benzene rings is 1. The second-order valence-corrected chi connectivity index (χ2v) is 6.12. The van der Waals surface area contributed by atoms with E-state index in [4.69, 9.17) is 4.74 Å². The number of aryl methyl sites for hydroxylation is 1. The molecule has 1 aromatic carbocycles. The SMILES string of the molecule is COc1ccc(-c2nc(NC(=O)c3ccc(=O)[nH]n3)sc2C)cc1. The Morgan fingerprint density at radius 1 is 1.21 bits per heavy atom. The monoisotopic (exact) mass is 342 g/mol. The smallest absolute Gasteiger partial charge is 0.277 e. The summed E-state index contributed by atoms with van der Waals surface area (Å²) in [5.74, 6) is 0.339. The molecule has 122 valence electrons. The molecule has 3 aromatic rings. The van der Waals surface area contributed by atoms with Gasteiger partial charge in [0.15, 0.2) is 5.13 Å². The number of methoxy groups -OCH3 is 1. The van der Waals surface area contributed by atoms with Crippen molar-refractivity contribution in [3.05, 3.63) is 57.3 Å². The zero-order chi connectivity index (χ0) is 17.1. The number of nitrogens with zero attached hydrogens (tertiary/aromatic N) is 2. The van der Waals surface area contributed by atoms with Crippen molar-refractivity contribution in [3.8, 4) is 17.0 Å². The highest BCUT2D eigenvalue weighted by Gasteiger charge is 2.14. The second kappa shape index (κ2) is 6.63. The standard InChI is InChI=1S/C16H14N4O3S/c1-9-14(10-3-5-11(23-2)6-4-10)17-16(24-9)18-15(22)12-7-8-13(21)20-19-12/h3-8H,1-2H3,(H,20,21)(H,17,18,22). The van der Waals surface area contributed by atoms with Gasteiger partial charge in [-0.3, -0.25) is 14.9 Å². The molecule has 0 aliphatic rings. The van der Waals surface area contributed by atoms with Crippen LogP contribution in [0, 0.1) is 6.92 Å². The molecule has 0 aliphatic heterocycles. The van der Waals surface area contributed by atoms with Gasteiger partial charge in [0, 0.05) is 16.5 Å². The van der Waals surface area contributed by atoms with Gasteiger partial charge in [0.2, 0.25) is 0 Å². The van der Waals surface area contributed by atoms with Crippen LogP contribution in [0.15, 0.2) is 41.2 Å². The minimum absolute atomic E-state index is 0.119. The van der Waals surface area contributed by atoms with E-state index in [2.05, 4.69) is 20.5 Å². The summed E-state index contributed by atoms with van der Waals surface area (Å²) in [7, 11) is 1.61. The highest BCUT2D eigenvalue weighted by molar-refractivity contribution is 7.16. The van der Waals surface area contributed by atoms with E-state index in [0.717, 1.165) is 21.9 Å². The Kier molecular flexibility index (Phi) is 4.39. The molecule has 1 amide bonds. The van der Waals surface area contributed by atoms with E-state index >= 15 is 0 Å². The molecule has 0 saturated heterocycles. The number of nitrogens with one attached hydrogen (secondary N) is 2. The summed E-state index contributed by atoms with van der Waals surface area (Å²) in [5, 5.41) is 9.08. The topological polar surface area (TPSA) is 97.0 Å². The molecule has 2 heterocycles. The number of hydrogen-bond acceptors (Lipinski definition) is 6. The molecule has 0 spiro atoms. The fourth-order valence-corrected chi connectivity index (χ4v) is 2.93. The van der Waals surface area contributed by atoms with Gasteiger partial charge in [0.05, 0.1) is 12.8 Å². The van der Waals surface area contributed by atoms with Gasteiger partial charge in [-0.05, 0) is 37.3 Å². The maximum absolute atomic E-state index is 12.1. The van der Waals surface area contributed by atoms with Gasteiger partial charge in [0.1, 0.15) is 11.4 Å². The molecule has 7 nitrogen and oxygen atoms in total. The lowest BCUT2D eigenvalue weighted by Gasteiger charge is -2.02. The third-order valence-electron chi connectivity index (χ3n) is 3.29. The summed E-state index contributed by atoms with van der Waals surface area (Å²) in [4.78, 5) is 28.5. The zero-order valence-corrected chi connectivity index (χ0v) is 13.8. The maximum Gasteiger partial charge on any atom is 0.277 e. The van der Waals surface area contributed by atoms with Crippen LogP contribution in [0.3, 0.4) is 0 Å². The van der Waals surface area contributed by atoms with Crippen molar-refractivity contribution in [2.75, 3.05) is 12.4 Å². The third-order valence-corrected chi connectivity index (χ3v) is 4.18. The number of aromatic nitrogens is 3. The van der Waals surface area contributed by atoms with Gasteiger partial charge >= 0.3 is 0 Å². The number of amides is 1. The predicted molar refractivity (Wildman–Crippen MR) is 91.6 cm³/mol. The van der Waals surface area contributed by atoms with E-state index in [1.165, 1.54) is 23.5 Å². The summed E-state index contributed by atoms with van der Waals surface area (Å²) in [5.41, 5.74) is 1.49. The average molecular weight is 342 g/mol. The Bertz CT molecular complexity index is 911. The van der Waals surface area contributed by atoms with Crippen LogP contribution in [0.5, 0.6) is 5.75 Å². The van der Waals surface area contributed by atoms with E-state index in [0.29, 0.717) is 5.13 Å². The van der Waals surface area contributed by atoms with Crippen molar-refractivity contribution in [1.82, 2.24) is 15.2 Å². The van der Waals surface area contributed by atoms with Gasteiger partial charge in [-0.1, -0.05) is 0 Å². The summed E-state index contributed by atoms with van der Waals surface area (Å²) in [6.45, 7) is 1.94. The normalized spacial score (nSPS) is 10.4. The quantitative estimate of drug-likeness (QED) is 0.759. The van der Waals surface area contributed by atoms with E-state index < -0.39 is 5.91 Å². The fourth-order valence-electron chi connectivity index (χ4n) is 2.10. The van der Waals surface area contributed by atoms with Crippen LogP contribution in [0.2, 0.25) is 0 Å². The van der Waals surface area contributed by atoms with E-state index in [9.17, 15) is 9.59 Å². The molecule has 0 bridgehead atoms. The minimum Gasteiger partial charge on any atom is -0.497 e. The summed E-state index contributed by atoms with van der Waals surface area (Å²) in [6.07, 6.45) is 0. The molecule has 2 N–H and O–H groups in total. The first-order chi connectivity index (χ1) is 11.6. The molecular formula is C16H14N4O3S. The van der Waals surface area contributed by atoms with E-state index in [1.807, 2.05) is 31.2 Å². The number of ether oxygens (including phenoxy) is 1. The van der Waals surface area contributed by atoms with Crippen molar-refractivity contribution >= 4 is 22.4 Å². The van der Waals surface area contributed by atoms with Gasteiger partial charge in [-0.25, -0.2) is 10.1 Å². The first-order valence-electron chi connectivity index (χ1n) is 7.06. The first kappa shape index (κ1) is 15.9. The number of rotatable bonds is 4. The molecule has 0 aliphatic carbocycles. The lowest BCUT2D eigenvalue weighted by molar-refractivity contribution is 0.102. The number of thiazole rings is 1. The summed E-state index contributed by atoms with van der Waals surface area (Å²) >= 11 is 1.37. The summed E-state index contributed by atoms with van der Waals surface area (Å²) in [6, 6.07) is 10.1. The lowest BCUT2D eigenvalue weighted by atomic mass is 10.1. The Morgan fingerprint density at radius 3 is 2.58 bits per heavy atom. The molecule has 3 rings (SSSR count). The number of carbonyl (C=O) groups is 1. The molecule has 8 heteroatoms. The van der Waals surface area contributed by atoms with Crippen molar-refractivity contribution in [1.29, 1.82) is 0 Å². The van der Waals surface area contributed by atoms with Crippen molar-refractivity contribution in [2.24, 2.45) is 0 Å². The minimum atomic E-state index is -0.429. The first-order valence-corrected chi connectivity index (χ1v) is 7.87. The highest BCUT2D eigenvalue weighted by atomic mass is 32.1. The van der Waals surface area contributed by atoms with Crippen LogP contribution in [0.4, 0.5) is 5.13 Å². The van der Waals surface area contributed by atoms with Crippen molar-refractivity contribution in [2.45, 2.75) is 6.92 Å². The van der Waals surface area contributed by atoms with Gasteiger partial charge in [-0.15, -0.1) is 11.3 Å². The van der Waals surface area contributed by atoms with Crippen molar-refractivity contribution in [3.63, 3.8) is 0 Å². The number of aromatic amines is 1. The summed E-state index contributed by atoms with van der Waals surface area (Å²) < 4.78 is 5.14. The maximum atomic E-state index is 12.1. The van der Waals surface area contributed by atoms with E-state index in [1.54, 1.807) is 7.11 Å². The van der Waals surface area contributed by atoms with Crippen LogP contribution in [0.1, 0.15) is 15.4 Å². The Labute approximate surface area is 141 Å². The molecule has 2 aromatic heterocycles. The van der Waals surface area contributed by atoms with Crippen LogP contribution < -0.4 is 15.6 Å². The van der Waals surface area contributed by atoms with Crippen molar-refractivity contribution < 1.29 is 9.53 Å². The largest absolute Gasteiger partial charge is 0.497 e. The number of carbonyl (C=O) groups excluding carboxylic acids is 1. The molecule has 24 heavy (non-hydrogen) atoms. The molecule has 0 unspecified atom stereocenters. The van der Waals surface area contributed by atoms with Gasteiger partial charge in [0.25, 0.3) is 11.5 Å². The van der Waals surface area contributed by atoms with Gasteiger partial charge in [-0.2, -0.15) is 5.10 Å². The molecule has 0 fully saturated rings. The molecule has 0 radical (unpaired) electrons. The number of H-pyrrole nitrogens is 1. The molecule has 0 saturated carbocycles. The van der Waals surface area contributed by atoms with Crippen LogP contribution in [0.25, 0.3) is 11.3 Å². The Morgan fingerprint density at radius 2 is 1.96 bits per heavy atom. The Balaban J connectivity index is 1.81. The predicted octanol–water partition coefficient (Wildman–Crippen LogP) is 2.46. The lowest BCUT2D eigenvalue weighted by Crippen LogP contribution is -2.17. The van der Waals surface area contributed by atoms with Crippen LogP contribution >= 0.6 is 11.3 Å². The highest BCUT2D eigenvalue weighted by Crippen LogP contribution is 2.31. The Hall–Kier alpha value is -3.00.